The second kappa shape index (κ2) is 6.39. The molecule has 0 saturated carbocycles. The molecule has 0 heterocycles. The molecule has 6 heteroatoms. The Bertz CT molecular complexity index is 810. The van der Waals surface area contributed by atoms with Gasteiger partial charge in [0.25, 0.3) is 5.91 Å². The number of nitrogens with one attached hydrogen (secondary N) is 1. The number of aromatic carboxylic acids is 1. The van der Waals surface area contributed by atoms with Crippen molar-refractivity contribution < 1.29 is 23.5 Å². The number of halogens is 2. The zero-order chi connectivity index (χ0) is 18.1. The Morgan fingerprint density at radius 3 is 2.21 bits per heavy atom. The molecule has 0 bridgehead atoms. The Morgan fingerprint density at radius 2 is 1.67 bits per heavy atom. The summed E-state index contributed by atoms with van der Waals surface area (Å²) in [6, 6.07) is 7.18. The van der Waals surface area contributed by atoms with E-state index in [1.54, 1.807) is 6.07 Å². The van der Waals surface area contributed by atoms with Gasteiger partial charge in [0.05, 0.1) is 16.8 Å². The number of carboxylic acids is 1. The number of amides is 1. The maximum absolute atomic E-state index is 13.7. The summed E-state index contributed by atoms with van der Waals surface area (Å²) in [5.41, 5.74) is -0.0366. The van der Waals surface area contributed by atoms with E-state index in [-0.39, 0.29) is 22.2 Å². The normalized spacial score (nSPS) is 11.2. The second-order valence-electron chi connectivity index (χ2n) is 6.39. The first kappa shape index (κ1) is 17.6. The van der Waals surface area contributed by atoms with Crippen LogP contribution in [0.4, 0.5) is 14.5 Å². The van der Waals surface area contributed by atoms with Gasteiger partial charge in [-0.15, -0.1) is 0 Å². The Labute approximate surface area is 138 Å². The molecule has 0 aromatic heterocycles. The van der Waals surface area contributed by atoms with Crippen LogP contribution in [0.15, 0.2) is 36.4 Å². The summed E-state index contributed by atoms with van der Waals surface area (Å²) in [5, 5.41) is 11.5. The van der Waals surface area contributed by atoms with Crippen LogP contribution in [0.1, 0.15) is 47.1 Å². The summed E-state index contributed by atoms with van der Waals surface area (Å²) >= 11 is 0. The van der Waals surface area contributed by atoms with Gasteiger partial charge >= 0.3 is 5.97 Å². The first-order valence-corrected chi connectivity index (χ1v) is 7.24. The number of carbonyl (C=O) groups is 2. The van der Waals surface area contributed by atoms with E-state index in [4.69, 9.17) is 0 Å². The molecule has 126 valence electrons. The van der Waals surface area contributed by atoms with Gasteiger partial charge in [0, 0.05) is 6.07 Å². The van der Waals surface area contributed by atoms with E-state index >= 15 is 0 Å². The van der Waals surface area contributed by atoms with Crippen LogP contribution in [0.25, 0.3) is 0 Å². The molecule has 2 aromatic rings. The van der Waals surface area contributed by atoms with Crippen molar-refractivity contribution in [2.24, 2.45) is 0 Å². The fraction of sp³-hybridized carbons (Fsp3) is 0.222. The van der Waals surface area contributed by atoms with Crippen molar-refractivity contribution in [1.29, 1.82) is 0 Å². The van der Waals surface area contributed by atoms with Gasteiger partial charge in [0.2, 0.25) is 0 Å². The van der Waals surface area contributed by atoms with Crippen LogP contribution in [-0.4, -0.2) is 17.0 Å². The summed E-state index contributed by atoms with van der Waals surface area (Å²) < 4.78 is 26.6. The van der Waals surface area contributed by atoms with Gasteiger partial charge in [-0.2, -0.15) is 0 Å². The van der Waals surface area contributed by atoms with Crippen molar-refractivity contribution in [2.45, 2.75) is 26.2 Å². The first-order chi connectivity index (χ1) is 11.1. The summed E-state index contributed by atoms with van der Waals surface area (Å²) in [6.45, 7) is 5.76. The van der Waals surface area contributed by atoms with Crippen molar-refractivity contribution in [3.8, 4) is 0 Å². The molecular formula is C18H17F2NO3. The quantitative estimate of drug-likeness (QED) is 0.884. The van der Waals surface area contributed by atoms with Gasteiger partial charge in [0.15, 0.2) is 0 Å². The summed E-state index contributed by atoms with van der Waals surface area (Å²) in [4.78, 5) is 23.8. The highest BCUT2D eigenvalue weighted by molar-refractivity contribution is 6.10. The first-order valence-electron chi connectivity index (χ1n) is 7.24. The summed E-state index contributed by atoms with van der Waals surface area (Å²) in [5.74, 6) is -3.75. The van der Waals surface area contributed by atoms with E-state index in [2.05, 4.69) is 5.32 Å². The zero-order valence-electron chi connectivity index (χ0n) is 13.5. The van der Waals surface area contributed by atoms with Crippen molar-refractivity contribution in [2.75, 3.05) is 5.32 Å². The van der Waals surface area contributed by atoms with E-state index in [1.165, 1.54) is 12.1 Å². The van der Waals surface area contributed by atoms with Crippen LogP contribution in [0, 0.1) is 11.6 Å². The number of benzene rings is 2. The van der Waals surface area contributed by atoms with Crippen LogP contribution < -0.4 is 5.32 Å². The van der Waals surface area contributed by atoms with Gasteiger partial charge in [-0.25, -0.2) is 13.6 Å². The highest BCUT2D eigenvalue weighted by Gasteiger charge is 2.22. The maximum atomic E-state index is 13.7. The number of rotatable bonds is 3. The van der Waals surface area contributed by atoms with Gasteiger partial charge in [-0.3, -0.25) is 4.79 Å². The lowest BCUT2D eigenvalue weighted by molar-refractivity contribution is 0.0692. The number of hydrogen-bond donors (Lipinski definition) is 2. The predicted molar refractivity (Wildman–Crippen MR) is 86.4 cm³/mol. The van der Waals surface area contributed by atoms with Crippen LogP contribution in [0.2, 0.25) is 0 Å². The molecule has 0 fully saturated rings. The largest absolute Gasteiger partial charge is 0.478 e. The van der Waals surface area contributed by atoms with Gasteiger partial charge in [0.1, 0.15) is 11.6 Å². The smallest absolute Gasteiger partial charge is 0.336 e. The molecular weight excluding hydrogens is 316 g/mol. The second-order valence-corrected chi connectivity index (χ2v) is 6.39. The molecule has 2 aromatic carbocycles. The summed E-state index contributed by atoms with van der Waals surface area (Å²) in [7, 11) is 0. The van der Waals surface area contributed by atoms with Crippen molar-refractivity contribution in [1.82, 2.24) is 0 Å². The van der Waals surface area contributed by atoms with Crippen LogP contribution in [0.5, 0.6) is 0 Å². The summed E-state index contributed by atoms with van der Waals surface area (Å²) in [6.07, 6.45) is 0. The van der Waals surface area contributed by atoms with Crippen molar-refractivity contribution >= 4 is 17.6 Å². The Balaban J connectivity index is 2.44. The lowest BCUT2D eigenvalue weighted by Gasteiger charge is -2.20. The maximum Gasteiger partial charge on any atom is 0.336 e. The van der Waals surface area contributed by atoms with E-state index in [1.807, 2.05) is 20.8 Å². The SMILES string of the molecule is CC(C)(C)c1ccc(C(=O)O)c(C(=O)Nc2ccc(F)cc2F)c1. The molecule has 0 saturated heterocycles. The van der Waals surface area contributed by atoms with Crippen molar-refractivity contribution in [3.63, 3.8) is 0 Å². The molecule has 2 rings (SSSR count). The average Bonchev–Trinajstić information content (AvgIpc) is 2.48. The number of anilines is 1. The van der Waals surface area contributed by atoms with E-state index in [0.29, 0.717) is 6.07 Å². The molecule has 4 nitrogen and oxygen atoms in total. The number of carbonyl (C=O) groups excluding carboxylic acids is 1. The van der Waals surface area contributed by atoms with Gasteiger partial charge in [-0.05, 0) is 35.2 Å². The van der Waals surface area contributed by atoms with E-state index in [0.717, 1.165) is 17.7 Å². The monoisotopic (exact) mass is 333 g/mol. The Hall–Kier alpha value is -2.76. The molecule has 24 heavy (non-hydrogen) atoms. The number of hydrogen-bond acceptors (Lipinski definition) is 2. The molecule has 0 aliphatic heterocycles. The van der Waals surface area contributed by atoms with E-state index < -0.39 is 23.5 Å². The zero-order valence-corrected chi connectivity index (χ0v) is 13.5. The molecule has 0 radical (unpaired) electrons. The minimum atomic E-state index is -1.26. The lowest BCUT2D eigenvalue weighted by Crippen LogP contribution is -2.20. The predicted octanol–water partition coefficient (Wildman–Crippen LogP) is 4.21. The standard InChI is InChI=1S/C18H17F2NO3/c1-18(2,3)10-4-6-12(17(23)24)13(8-10)16(22)21-15-7-5-11(19)9-14(15)20/h4-9H,1-3H3,(H,21,22)(H,23,24). The van der Waals surface area contributed by atoms with E-state index in [9.17, 15) is 23.5 Å². The minimum absolute atomic E-state index is 0.0846. The minimum Gasteiger partial charge on any atom is -0.478 e. The van der Waals surface area contributed by atoms with Crippen LogP contribution in [-0.2, 0) is 5.41 Å². The molecule has 0 spiro atoms. The topological polar surface area (TPSA) is 66.4 Å². The molecule has 0 aliphatic rings. The highest BCUT2D eigenvalue weighted by atomic mass is 19.1. The third-order valence-corrected chi connectivity index (χ3v) is 3.54. The highest BCUT2D eigenvalue weighted by Crippen LogP contribution is 2.26. The lowest BCUT2D eigenvalue weighted by atomic mass is 9.85. The Morgan fingerprint density at radius 1 is 1.00 bits per heavy atom. The van der Waals surface area contributed by atoms with Gasteiger partial charge in [-0.1, -0.05) is 26.8 Å². The third-order valence-electron chi connectivity index (χ3n) is 3.54. The molecule has 0 aliphatic carbocycles. The molecule has 1 amide bonds. The fourth-order valence-corrected chi connectivity index (χ4v) is 2.17. The van der Waals surface area contributed by atoms with Crippen LogP contribution >= 0.6 is 0 Å². The van der Waals surface area contributed by atoms with Crippen molar-refractivity contribution in [3.05, 3.63) is 64.7 Å². The average molecular weight is 333 g/mol. The molecule has 0 atom stereocenters. The Kier molecular flexibility index (Phi) is 4.68. The molecule has 0 unspecified atom stereocenters. The fourth-order valence-electron chi connectivity index (χ4n) is 2.17. The molecule has 2 N–H and O–H groups in total. The van der Waals surface area contributed by atoms with Gasteiger partial charge < -0.3 is 10.4 Å². The third kappa shape index (κ3) is 3.76. The number of carboxylic acid groups (broad SMARTS) is 1. The van der Waals surface area contributed by atoms with Crippen LogP contribution in [0.3, 0.4) is 0 Å².